The summed E-state index contributed by atoms with van der Waals surface area (Å²) in [4.78, 5) is 12.0. The second kappa shape index (κ2) is 7.33. The van der Waals surface area contributed by atoms with Crippen molar-refractivity contribution in [3.05, 3.63) is 63.6 Å². The van der Waals surface area contributed by atoms with E-state index in [-0.39, 0.29) is 5.91 Å². The summed E-state index contributed by atoms with van der Waals surface area (Å²) in [6, 6.07) is 12.5. The first-order valence-electron chi connectivity index (χ1n) is 7.73. The van der Waals surface area contributed by atoms with E-state index < -0.39 is 6.23 Å². The summed E-state index contributed by atoms with van der Waals surface area (Å²) in [6.07, 6.45) is -0.759. The maximum Gasteiger partial charge on any atom is 0.243 e. The Kier molecular flexibility index (Phi) is 5.16. The number of benzene rings is 2. The zero-order valence-electron chi connectivity index (χ0n) is 13.7. The Morgan fingerprint density at radius 2 is 1.96 bits per heavy atom. The molecule has 1 heterocycles. The number of ether oxygens (including phenoxy) is 2. The van der Waals surface area contributed by atoms with Crippen molar-refractivity contribution >= 4 is 35.0 Å². The predicted molar refractivity (Wildman–Crippen MR) is 97.0 cm³/mol. The van der Waals surface area contributed by atoms with E-state index in [4.69, 9.17) is 32.7 Å². The number of amides is 1. The summed E-state index contributed by atoms with van der Waals surface area (Å²) >= 11 is 12.4. The molecule has 130 valence electrons. The molecule has 0 spiro atoms. The van der Waals surface area contributed by atoms with Crippen molar-refractivity contribution < 1.29 is 14.3 Å². The Bertz CT molecular complexity index is 822. The molecule has 25 heavy (non-hydrogen) atoms. The van der Waals surface area contributed by atoms with Gasteiger partial charge in [-0.15, -0.1) is 5.10 Å². The van der Waals surface area contributed by atoms with Crippen LogP contribution in [0.3, 0.4) is 0 Å². The summed E-state index contributed by atoms with van der Waals surface area (Å²) in [5.41, 5.74) is 1.31. The van der Waals surface area contributed by atoms with Gasteiger partial charge in [-0.1, -0.05) is 35.3 Å². The molecule has 2 aromatic carbocycles. The van der Waals surface area contributed by atoms with E-state index >= 15 is 0 Å². The molecule has 0 unspecified atom stereocenters. The van der Waals surface area contributed by atoms with Gasteiger partial charge in [0.1, 0.15) is 5.75 Å². The van der Waals surface area contributed by atoms with E-state index in [1.165, 1.54) is 11.9 Å². The molecule has 1 atom stereocenters. The lowest BCUT2D eigenvalue weighted by Crippen LogP contribution is -2.25. The van der Waals surface area contributed by atoms with Gasteiger partial charge < -0.3 is 9.47 Å². The van der Waals surface area contributed by atoms with Crippen molar-refractivity contribution in [2.75, 3.05) is 6.61 Å². The Balaban J connectivity index is 1.92. The first-order valence-corrected chi connectivity index (χ1v) is 8.49. The lowest BCUT2D eigenvalue weighted by Gasteiger charge is -2.20. The molecular weight excluding hydrogens is 363 g/mol. The molecule has 0 aromatic heterocycles. The van der Waals surface area contributed by atoms with Crippen LogP contribution in [0.15, 0.2) is 47.6 Å². The Hall–Kier alpha value is -2.24. The molecule has 0 N–H and O–H groups in total. The molecule has 0 saturated carbocycles. The average molecular weight is 379 g/mol. The van der Waals surface area contributed by atoms with Gasteiger partial charge >= 0.3 is 0 Å². The number of halogens is 2. The summed E-state index contributed by atoms with van der Waals surface area (Å²) in [7, 11) is 0. The molecule has 3 rings (SSSR count). The second-order valence-electron chi connectivity index (χ2n) is 5.34. The summed E-state index contributed by atoms with van der Waals surface area (Å²) in [5.74, 6) is 0.823. The molecule has 1 amide bonds. The fourth-order valence-electron chi connectivity index (χ4n) is 2.46. The minimum absolute atomic E-state index is 0.262. The van der Waals surface area contributed by atoms with Crippen molar-refractivity contribution in [3.63, 3.8) is 0 Å². The second-order valence-corrected chi connectivity index (χ2v) is 6.12. The first-order chi connectivity index (χ1) is 12.0. The maximum atomic E-state index is 12.0. The smallest absolute Gasteiger partial charge is 0.243 e. The zero-order chi connectivity index (χ0) is 18.0. The topological polar surface area (TPSA) is 51.1 Å². The minimum Gasteiger partial charge on any atom is -0.494 e. The van der Waals surface area contributed by atoms with Crippen LogP contribution in [0.4, 0.5) is 0 Å². The van der Waals surface area contributed by atoms with Gasteiger partial charge in [0.05, 0.1) is 16.7 Å². The van der Waals surface area contributed by atoms with Crippen LogP contribution in [0.5, 0.6) is 5.75 Å². The SMILES string of the molecule is CCOc1ccc(C2=NN(C(C)=O)[C@@H](c3cccc(Cl)c3Cl)O2)cc1. The van der Waals surface area contributed by atoms with Crippen LogP contribution in [-0.2, 0) is 9.53 Å². The summed E-state index contributed by atoms with van der Waals surface area (Å²) in [5, 5.41) is 6.28. The molecule has 2 aromatic rings. The number of hydrogen-bond donors (Lipinski definition) is 0. The van der Waals surface area contributed by atoms with Gasteiger partial charge in [-0.3, -0.25) is 4.79 Å². The molecule has 0 fully saturated rings. The molecule has 0 aliphatic carbocycles. The fraction of sp³-hybridized carbons (Fsp3) is 0.222. The predicted octanol–water partition coefficient (Wildman–Crippen LogP) is 4.63. The Morgan fingerprint density at radius 1 is 1.24 bits per heavy atom. The largest absolute Gasteiger partial charge is 0.494 e. The number of hydrogen-bond acceptors (Lipinski definition) is 4. The highest BCUT2D eigenvalue weighted by Crippen LogP contribution is 2.37. The molecule has 0 radical (unpaired) electrons. The third-order valence-corrected chi connectivity index (χ3v) is 4.46. The lowest BCUT2D eigenvalue weighted by atomic mass is 10.2. The van der Waals surface area contributed by atoms with E-state index in [1.807, 2.05) is 31.2 Å². The van der Waals surface area contributed by atoms with Crippen molar-refractivity contribution in [1.29, 1.82) is 0 Å². The summed E-state index contributed by atoms with van der Waals surface area (Å²) in [6.45, 7) is 3.92. The van der Waals surface area contributed by atoms with Crippen LogP contribution in [0, 0.1) is 0 Å². The Morgan fingerprint density at radius 3 is 2.60 bits per heavy atom. The van der Waals surface area contributed by atoms with E-state index in [0.717, 1.165) is 11.3 Å². The van der Waals surface area contributed by atoms with E-state index in [2.05, 4.69) is 5.10 Å². The first kappa shape index (κ1) is 17.6. The van der Waals surface area contributed by atoms with Gasteiger partial charge in [0, 0.05) is 18.1 Å². The molecule has 1 aliphatic heterocycles. The maximum absolute atomic E-state index is 12.0. The third kappa shape index (κ3) is 3.57. The van der Waals surface area contributed by atoms with Crippen LogP contribution in [0.1, 0.15) is 31.2 Å². The van der Waals surface area contributed by atoms with E-state index in [1.54, 1.807) is 18.2 Å². The highest BCUT2D eigenvalue weighted by Gasteiger charge is 2.34. The average Bonchev–Trinajstić information content (AvgIpc) is 3.04. The van der Waals surface area contributed by atoms with Gasteiger partial charge in [-0.2, -0.15) is 5.01 Å². The lowest BCUT2D eigenvalue weighted by molar-refractivity contribution is -0.135. The van der Waals surface area contributed by atoms with Crippen LogP contribution in [0.2, 0.25) is 10.0 Å². The quantitative estimate of drug-likeness (QED) is 0.778. The Labute approximate surface area is 155 Å². The molecule has 1 aliphatic rings. The molecule has 0 bridgehead atoms. The monoisotopic (exact) mass is 378 g/mol. The van der Waals surface area contributed by atoms with Gasteiger partial charge in [0.15, 0.2) is 0 Å². The minimum atomic E-state index is -0.759. The van der Waals surface area contributed by atoms with Crippen molar-refractivity contribution in [3.8, 4) is 5.75 Å². The molecule has 7 heteroatoms. The summed E-state index contributed by atoms with van der Waals surface area (Å²) < 4.78 is 11.3. The number of hydrazone groups is 1. The molecule has 0 saturated heterocycles. The van der Waals surface area contributed by atoms with Gasteiger partial charge in [-0.05, 0) is 37.3 Å². The van der Waals surface area contributed by atoms with Crippen LogP contribution in [-0.4, -0.2) is 23.4 Å². The highest BCUT2D eigenvalue weighted by atomic mass is 35.5. The van der Waals surface area contributed by atoms with Crippen LogP contribution < -0.4 is 4.74 Å². The normalized spacial score (nSPS) is 16.4. The van der Waals surface area contributed by atoms with Gasteiger partial charge in [0.2, 0.25) is 18.0 Å². The van der Waals surface area contributed by atoms with E-state index in [0.29, 0.717) is 28.1 Å². The van der Waals surface area contributed by atoms with Gasteiger partial charge in [0.25, 0.3) is 0 Å². The number of rotatable bonds is 4. The number of nitrogens with zero attached hydrogens (tertiary/aromatic N) is 2. The van der Waals surface area contributed by atoms with E-state index in [9.17, 15) is 4.79 Å². The van der Waals surface area contributed by atoms with Crippen LogP contribution in [0.25, 0.3) is 0 Å². The van der Waals surface area contributed by atoms with Crippen molar-refractivity contribution in [2.24, 2.45) is 5.10 Å². The third-order valence-electron chi connectivity index (χ3n) is 3.63. The standard InChI is InChI=1S/C18H16Cl2N2O3/c1-3-24-13-9-7-12(8-10-13)17-21-22(11(2)23)18(25-17)14-5-4-6-15(19)16(14)20/h4-10,18H,3H2,1-2H3/t18-/m1/s1. The highest BCUT2D eigenvalue weighted by molar-refractivity contribution is 6.42. The van der Waals surface area contributed by atoms with Crippen LogP contribution >= 0.6 is 23.2 Å². The fourth-order valence-corrected chi connectivity index (χ4v) is 2.86. The molecule has 5 nitrogen and oxygen atoms in total. The molecular formula is C18H16Cl2N2O3. The number of carbonyl (C=O) groups excluding carboxylic acids is 1. The van der Waals surface area contributed by atoms with Gasteiger partial charge in [-0.25, -0.2) is 0 Å². The zero-order valence-corrected chi connectivity index (χ0v) is 15.2. The number of carbonyl (C=O) groups is 1. The van der Waals surface area contributed by atoms with Crippen molar-refractivity contribution in [1.82, 2.24) is 5.01 Å². The van der Waals surface area contributed by atoms with Crippen molar-refractivity contribution in [2.45, 2.75) is 20.1 Å².